The number of H-pyrrole nitrogens is 5. The molecule has 50 nitrogen and oxygen atoms in total. The Kier molecular flexibility index (Phi) is 28.4. The molecule has 15 N–H and O–H groups in total. The Hall–Kier alpha value is -13.4. The monoisotopic (exact) mass is 1960 g/mol. The van der Waals surface area contributed by atoms with Crippen LogP contribution in [0, 0.1) is 34.6 Å². The van der Waals surface area contributed by atoms with E-state index in [0.29, 0.717) is 89.7 Å². The number of nitrogens with one attached hydrogen (secondary N) is 5. The quantitative estimate of drug-likeness (QED) is 0.0188. The smallest absolute Gasteiger partial charge is 0.405 e. The van der Waals surface area contributed by atoms with Crippen LogP contribution in [0.3, 0.4) is 0 Å². The number of nitrogens with zero attached hydrogens (tertiary/aromatic N) is 15. The van der Waals surface area contributed by atoms with Crippen molar-refractivity contribution in [3.63, 3.8) is 0 Å². The predicted molar refractivity (Wildman–Crippen MR) is 488 cm³/mol. The molecule has 0 aliphatic carbocycles. The maximum absolute atomic E-state index is 12.7. The van der Waals surface area contributed by atoms with Crippen LogP contribution in [0.5, 0.6) is 28.7 Å². The Morgan fingerprint density at radius 2 is 0.533 bits per heavy atom. The molecule has 5 unspecified atom stereocenters. The third-order valence-electron chi connectivity index (χ3n) is 20.6. The number of rotatable bonds is 25. The van der Waals surface area contributed by atoms with E-state index in [1.54, 1.807) is 41.0 Å². The molecule has 5 aliphatic heterocycles. The average molecular weight is 1960 g/mol. The minimum atomic E-state index is -3.38. The maximum Gasteiger partial charge on any atom is 0.405 e. The number of aromatic nitrogens is 20. The van der Waals surface area contributed by atoms with E-state index >= 15 is 0 Å². The van der Waals surface area contributed by atoms with Gasteiger partial charge in [0, 0.05) is 60.5 Å². The topological polar surface area (TPSA) is 672 Å². The van der Waals surface area contributed by atoms with Gasteiger partial charge in [-0.15, -0.1) is 0 Å². The van der Waals surface area contributed by atoms with Crippen molar-refractivity contribution in [2.24, 2.45) is 0 Å². The molecule has 0 amide bonds. The van der Waals surface area contributed by atoms with Crippen LogP contribution in [-0.4, -0.2) is 162 Å². The lowest BCUT2D eigenvalue weighted by Gasteiger charge is -2.26. The molecule has 20 rings (SSSR count). The molecule has 5 aliphatic rings. The van der Waals surface area contributed by atoms with E-state index in [2.05, 4.69) is 74.8 Å². The Morgan fingerprint density at radius 3 is 0.770 bits per heavy atom. The normalized spacial score (nSPS) is 19.0. The largest absolute Gasteiger partial charge is 0.422 e. The van der Waals surface area contributed by atoms with Gasteiger partial charge in [-0.3, -0.25) is 71.5 Å². The molecule has 135 heavy (non-hydrogen) atoms. The molecule has 15 aromatic rings. The molecule has 0 saturated carbocycles. The number of benzene rings is 5. The van der Waals surface area contributed by atoms with Crippen LogP contribution >= 0.6 is 38.0 Å². The fourth-order valence-corrected chi connectivity index (χ4v) is 20.9. The van der Waals surface area contributed by atoms with Crippen LogP contribution in [0.4, 0.5) is 29.7 Å². The third kappa shape index (κ3) is 22.7. The van der Waals surface area contributed by atoms with Gasteiger partial charge >= 0.3 is 38.0 Å². The van der Waals surface area contributed by atoms with E-state index in [-0.39, 0.29) is 155 Å². The number of ether oxygens (including phenoxy) is 5. The summed E-state index contributed by atoms with van der Waals surface area (Å²) in [5, 5.41) is 0. The van der Waals surface area contributed by atoms with Crippen molar-refractivity contribution in [3.05, 3.63) is 230 Å². The zero-order valence-electron chi connectivity index (χ0n) is 72.7. The van der Waals surface area contributed by atoms with Crippen LogP contribution in [-0.2, 0) is 135 Å². The van der Waals surface area contributed by atoms with Crippen molar-refractivity contribution in [1.29, 1.82) is 0 Å². The zero-order chi connectivity index (χ0) is 95.1. The SMILES string of the molecule is Cc1ccc2c(c1)COP(=O)(COCCn1cnc3c(=O)[nH]c(N)nc31)O2.Cc1ccc2c(c1)COP(=O)(COCCn1cnc3c(=O)[nH]c(N)nc31)O2.Cc1ccc2c(c1)COP(=O)(COCCn1cnc3c(=O)[nH]c(N)nc31)O2.Cc1cccc2c1OP(=O)(COCCn1cnc3c(=O)[nH]c(N)nc31)OC2.Cc1cccc2c1OP(=O)(COCCn1cnc3c(=O)[nH]c(N)nc31)OC2. The van der Waals surface area contributed by atoms with Crippen LogP contribution in [0.1, 0.15) is 55.6 Å². The van der Waals surface area contributed by atoms with Gasteiger partial charge in [0.2, 0.25) is 29.7 Å². The number of hydrogen-bond acceptors (Lipinski definition) is 40. The highest BCUT2D eigenvalue weighted by molar-refractivity contribution is 7.55. The number of nitrogens with two attached hydrogens (primary N) is 5. The number of para-hydroxylation sites is 2. The summed E-state index contributed by atoms with van der Waals surface area (Å²) in [5.74, 6) is 2.91. The van der Waals surface area contributed by atoms with Crippen molar-refractivity contribution in [2.45, 2.75) is 100 Å². The Balaban J connectivity index is 0.000000123. The number of imidazole rings is 5. The number of nitrogen functional groups attached to an aromatic ring is 5. The van der Waals surface area contributed by atoms with E-state index in [1.807, 2.05) is 107 Å². The molecule has 0 saturated heterocycles. The first-order valence-corrected chi connectivity index (χ1v) is 49.9. The van der Waals surface area contributed by atoms with Crippen molar-refractivity contribution in [1.82, 2.24) is 97.6 Å². The summed E-state index contributed by atoms with van der Waals surface area (Å²) in [6.07, 6.45) is 6.50. The summed E-state index contributed by atoms with van der Waals surface area (Å²) >= 11 is 0. The standard InChI is InChI=1S/5C16H18N5O5P/c3*1-10-2-3-12-11(6-10)7-25-27(23,26-12)9-24-5-4-21-8-18-13-14(21)19-16(17)20-15(13)22;2*1-10-3-2-4-11-7-25-27(23,26-13(10)11)9-24-6-5-21-8-18-12-14(21)19-16(17)20-15(12)22/h3*2-3,6,8H,4-5,7,9H2,1H3,(H3,17,19,20,22);2*2-4,8H,5-7,9H2,1H3,(H3,17,19,20,22). The molecule has 0 spiro atoms. The number of aromatic amines is 5. The summed E-state index contributed by atoms with van der Waals surface area (Å²) in [5.41, 5.74) is 37.9. The lowest BCUT2D eigenvalue weighted by Crippen LogP contribution is -2.15. The van der Waals surface area contributed by atoms with Gasteiger partial charge in [-0.25, -0.2) is 47.7 Å². The molecule has 55 heteroatoms. The molecule has 0 bridgehead atoms. The van der Waals surface area contributed by atoms with Gasteiger partial charge in [0.1, 0.15) is 28.7 Å². The first-order valence-electron chi connectivity index (χ1n) is 41.2. The Morgan fingerprint density at radius 1 is 0.311 bits per heavy atom. The van der Waals surface area contributed by atoms with Gasteiger partial charge in [0.15, 0.2) is 87.6 Å². The number of fused-ring (bicyclic) bond motifs is 10. The van der Waals surface area contributed by atoms with Gasteiger partial charge in [0.05, 0.1) is 97.7 Å². The van der Waals surface area contributed by atoms with E-state index in [4.69, 9.17) is 97.6 Å². The van der Waals surface area contributed by atoms with Crippen LogP contribution < -0.4 is 79.1 Å². The van der Waals surface area contributed by atoms with Gasteiger partial charge < -0.3 is 97.8 Å². The first-order chi connectivity index (χ1) is 64.7. The van der Waals surface area contributed by atoms with Crippen LogP contribution in [0.25, 0.3) is 55.8 Å². The fourth-order valence-electron chi connectivity index (χ4n) is 14.0. The summed E-state index contributed by atoms with van der Waals surface area (Å²) in [4.78, 5) is 111. The van der Waals surface area contributed by atoms with Crippen molar-refractivity contribution < 1.29 is 91.7 Å². The summed E-state index contributed by atoms with van der Waals surface area (Å²) in [6, 6.07) is 28.1. The Bertz CT molecular complexity index is 6980. The van der Waals surface area contributed by atoms with E-state index in [9.17, 15) is 46.8 Å². The molecule has 0 radical (unpaired) electrons. The summed E-state index contributed by atoms with van der Waals surface area (Å²) in [6.45, 7) is 13.5. The second-order valence-corrected chi connectivity index (χ2v) is 40.4. The number of hydrogen-bond donors (Lipinski definition) is 10. The number of anilines is 5. The first kappa shape index (κ1) is 94.8. The summed E-state index contributed by atoms with van der Waals surface area (Å²) < 4.78 is 154. The van der Waals surface area contributed by atoms with E-state index < -0.39 is 65.8 Å². The highest BCUT2D eigenvalue weighted by Gasteiger charge is 2.38. The Labute approximate surface area is 761 Å². The lowest BCUT2D eigenvalue weighted by atomic mass is 10.1. The fraction of sp³-hybridized carbons (Fsp3) is 0.312. The van der Waals surface area contributed by atoms with Gasteiger partial charge in [-0.05, 0) is 63.9 Å². The molecule has 5 atom stereocenters. The molecule has 710 valence electrons. The minimum Gasteiger partial charge on any atom is -0.422 e. The molecular weight excluding hydrogens is 1870 g/mol. The predicted octanol–water partition coefficient (Wildman–Crippen LogP) is 8.93. The molecule has 0 fully saturated rings. The second kappa shape index (κ2) is 40.4. The third-order valence-corrected chi connectivity index (χ3v) is 28.0. The molecular formula is C80H90N25O25P5. The van der Waals surface area contributed by atoms with Gasteiger partial charge in [-0.2, -0.15) is 24.9 Å². The van der Waals surface area contributed by atoms with Crippen molar-refractivity contribution >= 4 is 124 Å². The van der Waals surface area contributed by atoms with Gasteiger partial charge in [0.25, 0.3) is 27.8 Å². The maximum atomic E-state index is 12.7. The second-order valence-electron chi connectivity index (χ2n) is 30.8. The number of aryl methyl sites for hydroxylation is 5. The lowest BCUT2D eigenvalue weighted by molar-refractivity contribution is 0.132. The van der Waals surface area contributed by atoms with Crippen LogP contribution in [0.15, 0.2) is 147 Å². The zero-order valence-corrected chi connectivity index (χ0v) is 77.2. The minimum absolute atomic E-state index is 0.0116. The van der Waals surface area contributed by atoms with Crippen molar-refractivity contribution in [2.75, 3.05) is 93.4 Å². The van der Waals surface area contributed by atoms with Crippen molar-refractivity contribution in [3.8, 4) is 28.7 Å². The highest BCUT2D eigenvalue weighted by atomic mass is 31.2. The molecule has 10 aromatic heterocycles. The van der Waals surface area contributed by atoms with E-state index in [1.165, 1.54) is 31.6 Å². The highest BCUT2D eigenvalue weighted by Crippen LogP contribution is 2.58. The van der Waals surface area contributed by atoms with E-state index in [0.717, 1.165) is 55.6 Å². The van der Waals surface area contributed by atoms with Crippen LogP contribution in [0.2, 0.25) is 0 Å². The average Bonchev–Trinajstić information content (AvgIpc) is 1.71. The van der Waals surface area contributed by atoms with Gasteiger partial charge in [-0.1, -0.05) is 89.5 Å². The summed E-state index contributed by atoms with van der Waals surface area (Å²) in [7, 11) is -16.9. The molecule has 15 heterocycles. The molecule has 5 aromatic carbocycles.